The number of nitrogens with one attached hydrogen (secondary N) is 2. The second-order valence-electron chi connectivity index (χ2n) is 8.03. The Kier molecular flexibility index (Phi) is 5.14. The van der Waals surface area contributed by atoms with E-state index in [9.17, 15) is 9.59 Å². The van der Waals surface area contributed by atoms with Crippen molar-refractivity contribution in [3.05, 3.63) is 30.1 Å². The predicted octanol–water partition coefficient (Wildman–Crippen LogP) is 3.17. The molecule has 2 unspecified atom stereocenters. The first kappa shape index (κ1) is 18.0. The highest BCUT2D eigenvalue weighted by Gasteiger charge is 2.33. The van der Waals surface area contributed by atoms with E-state index in [1.54, 1.807) is 11.9 Å². The largest absolute Gasteiger partial charge is 0.346 e. The summed E-state index contributed by atoms with van der Waals surface area (Å²) in [6, 6.07) is 7.90. The highest BCUT2D eigenvalue weighted by atomic mass is 16.2. The predicted molar refractivity (Wildman–Crippen MR) is 104 cm³/mol. The van der Waals surface area contributed by atoms with Crippen molar-refractivity contribution in [3.8, 4) is 0 Å². The first-order valence-corrected chi connectivity index (χ1v) is 10.1. The van der Waals surface area contributed by atoms with Gasteiger partial charge in [0.2, 0.25) is 11.8 Å². The van der Waals surface area contributed by atoms with Gasteiger partial charge in [-0.1, -0.05) is 31.4 Å². The summed E-state index contributed by atoms with van der Waals surface area (Å²) in [5.74, 6) is 1.30. The van der Waals surface area contributed by atoms with Crippen molar-refractivity contribution in [2.75, 3.05) is 13.6 Å². The molecule has 2 atom stereocenters. The number of fused-ring (bicyclic) bond motifs is 1. The van der Waals surface area contributed by atoms with Crippen LogP contribution in [-0.2, 0) is 9.59 Å². The van der Waals surface area contributed by atoms with Gasteiger partial charge in [0, 0.05) is 20.0 Å². The van der Waals surface area contributed by atoms with Gasteiger partial charge in [-0.05, 0) is 37.3 Å². The average molecular weight is 368 g/mol. The van der Waals surface area contributed by atoms with Crippen molar-refractivity contribution in [2.24, 2.45) is 11.8 Å². The number of rotatable bonds is 4. The van der Waals surface area contributed by atoms with Gasteiger partial charge in [-0.2, -0.15) is 0 Å². The van der Waals surface area contributed by atoms with Gasteiger partial charge in [0.1, 0.15) is 5.82 Å². The van der Waals surface area contributed by atoms with E-state index in [0.29, 0.717) is 25.3 Å². The monoisotopic (exact) mass is 368 g/mol. The number of nitrogens with zero attached hydrogens (tertiary/aromatic N) is 2. The first-order chi connectivity index (χ1) is 13.1. The SMILES string of the molecule is CN1CC(C(=O)NC(c2nc3ccccc3[nH]2)C2CCCCC2)CCC1=O. The maximum atomic E-state index is 13.0. The van der Waals surface area contributed by atoms with Crippen LogP contribution < -0.4 is 5.32 Å². The van der Waals surface area contributed by atoms with E-state index < -0.39 is 0 Å². The van der Waals surface area contributed by atoms with Gasteiger partial charge in [-0.25, -0.2) is 4.98 Å². The Morgan fingerprint density at radius 2 is 2.00 bits per heavy atom. The van der Waals surface area contributed by atoms with Gasteiger partial charge in [0.05, 0.1) is 23.0 Å². The smallest absolute Gasteiger partial charge is 0.225 e. The van der Waals surface area contributed by atoms with E-state index in [2.05, 4.69) is 10.3 Å². The van der Waals surface area contributed by atoms with Crippen LogP contribution in [0.1, 0.15) is 56.8 Å². The number of likely N-dealkylation sites (tertiary alicyclic amines) is 1. The lowest BCUT2D eigenvalue weighted by Gasteiger charge is -2.33. The topological polar surface area (TPSA) is 78.1 Å². The molecular weight excluding hydrogens is 340 g/mol. The number of piperidine rings is 1. The van der Waals surface area contributed by atoms with E-state index in [4.69, 9.17) is 4.98 Å². The number of amides is 2. The number of hydrogen-bond donors (Lipinski definition) is 2. The third-order valence-electron chi connectivity index (χ3n) is 6.12. The van der Waals surface area contributed by atoms with Crippen molar-refractivity contribution < 1.29 is 9.59 Å². The summed E-state index contributed by atoms with van der Waals surface area (Å²) in [6.07, 6.45) is 7.00. The number of aromatic amines is 1. The molecule has 1 aliphatic heterocycles. The Balaban J connectivity index is 1.56. The summed E-state index contributed by atoms with van der Waals surface area (Å²) >= 11 is 0. The minimum atomic E-state index is -0.136. The van der Waals surface area contributed by atoms with E-state index in [0.717, 1.165) is 29.7 Å². The Hall–Kier alpha value is -2.37. The minimum absolute atomic E-state index is 0.0466. The molecule has 0 spiro atoms. The number of benzene rings is 1. The Morgan fingerprint density at radius 1 is 1.22 bits per heavy atom. The molecule has 1 saturated carbocycles. The lowest BCUT2D eigenvalue weighted by molar-refractivity contribution is -0.137. The van der Waals surface area contributed by atoms with Crippen LogP contribution in [0.4, 0.5) is 0 Å². The van der Waals surface area contributed by atoms with Gasteiger partial charge in [-0.3, -0.25) is 9.59 Å². The van der Waals surface area contributed by atoms with Crippen LogP contribution in [0.5, 0.6) is 0 Å². The van der Waals surface area contributed by atoms with Crippen LogP contribution in [0.3, 0.4) is 0 Å². The molecule has 1 aliphatic carbocycles. The fourth-order valence-corrected chi connectivity index (χ4v) is 4.49. The molecule has 2 heterocycles. The Morgan fingerprint density at radius 3 is 2.74 bits per heavy atom. The Bertz CT molecular complexity index is 791. The second kappa shape index (κ2) is 7.71. The van der Waals surface area contributed by atoms with E-state index in [-0.39, 0.29) is 23.8 Å². The van der Waals surface area contributed by atoms with E-state index in [1.807, 2.05) is 24.3 Å². The number of carbonyl (C=O) groups is 2. The number of H-pyrrole nitrogens is 1. The number of imidazole rings is 1. The van der Waals surface area contributed by atoms with Crippen molar-refractivity contribution in [3.63, 3.8) is 0 Å². The van der Waals surface area contributed by atoms with Crippen LogP contribution in [0.2, 0.25) is 0 Å². The zero-order chi connectivity index (χ0) is 18.8. The molecule has 6 nitrogen and oxygen atoms in total. The van der Waals surface area contributed by atoms with Crippen molar-refractivity contribution in [1.29, 1.82) is 0 Å². The quantitative estimate of drug-likeness (QED) is 0.870. The van der Waals surface area contributed by atoms with Crippen LogP contribution in [0, 0.1) is 11.8 Å². The number of carbonyl (C=O) groups excluding carboxylic acids is 2. The molecule has 144 valence electrons. The van der Waals surface area contributed by atoms with E-state index >= 15 is 0 Å². The number of aromatic nitrogens is 2. The first-order valence-electron chi connectivity index (χ1n) is 10.1. The molecule has 2 N–H and O–H groups in total. The normalized spacial score (nSPS) is 22.8. The fraction of sp³-hybridized carbons (Fsp3) is 0.571. The summed E-state index contributed by atoms with van der Waals surface area (Å²) in [6.45, 7) is 0.502. The van der Waals surface area contributed by atoms with Crippen molar-refractivity contribution in [1.82, 2.24) is 20.2 Å². The van der Waals surface area contributed by atoms with Crippen molar-refractivity contribution in [2.45, 2.75) is 51.0 Å². The standard InChI is InChI=1S/C21H28N4O2/c1-25-13-15(11-12-18(25)26)21(27)24-19(14-7-3-2-4-8-14)20-22-16-9-5-6-10-17(16)23-20/h5-6,9-10,14-15,19H,2-4,7-8,11-13H2,1H3,(H,22,23)(H,24,27). The summed E-state index contributed by atoms with van der Waals surface area (Å²) in [5, 5.41) is 3.30. The molecule has 1 aromatic carbocycles. The zero-order valence-electron chi connectivity index (χ0n) is 15.9. The molecule has 4 rings (SSSR count). The number of hydrogen-bond acceptors (Lipinski definition) is 3. The van der Waals surface area contributed by atoms with E-state index in [1.165, 1.54) is 19.3 Å². The molecule has 2 amide bonds. The highest BCUT2D eigenvalue weighted by molar-refractivity contribution is 5.84. The minimum Gasteiger partial charge on any atom is -0.346 e. The molecular formula is C21H28N4O2. The number of para-hydroxylation sites is 2. The summed E-state index contributed by atoms with van der Waals surface area (Å²) in [4.78, 5) is 34.6. The molecule has 6 heteroatoms. The van der Waals surface area contributed by atoms with Gasteiger partial charge in [-0.15, -0.1) is 0 Å². The zero-order valence-corrected chi connectivity index (χ0v) is 15.9. The summed E-state index contributed by atoms with van der Waals surface area (Å²) in [7, 11) is 1.78. The molecule has 0 bridgehead atoms. The third kappa shape index (κ3) is 3.84. The highest BCUT2D eigenvalue weighted by Crippen LogP contribution is 2.34. The maximum Gasteiger partial charge on any atom is 0.225 e. The van der Waals surface area contributed by atoms with Crippen LogP contribution >= 0.6 is 0 Å². The molecule has 1 aromatic heterocycles. The van der Waals surface area contributed by atoms with Gasteiger partial charge < -0.3 is 15.2 Å². The average Bonchev–Trinajstić information content (AvgIpc) is 3.12. The van der Waals surface area contributed by atoms with Crippen molar-refractivity contribution >= 4 is 22.8 Å². The molecule has 0 radical (unpaired) electrons. The van der Waals surface area contributed by atoms with Gasteiger partial charge in [0.15, 0.2) is 0 Å². The van der Waals surface area contributed by atoms with Crippen LogP contribution in [-0.4, -0.2) is 40.3 Å². The lowest BCUT2D eigenvalue weighted by Crippen LogP contribution is -2.46. The lowest BCUT2D eigenvalue weighted by atomic mass is 9.83. The maximum absolute atomic E-state index is 13.0. The molecule has 2 fully saturated rings. The van der Waals surface area contributed by atoms with Gasteiger partial charge >= 0.3 is 0 Å². The molecule has 2 aromatic rings. The van der Waals surface area contributed by atoms with Gasteiger partial charge in [0.25, 0.3) is 0 Å². The Labute approximate surface area is 159 Å². The molecule has 27 heavy (non-hydrogen) atoms. The summed E-state index contributed by atoms with van der Waals surface area (Å²) < 4.78 is 0. The van der Waals surface area contributed by atoms with Crippen LogP contribution in [0.15, 0.2) is 24.3 Å². The molecule has 1 saturated heterocycles. The fourth-order valence-electron chi connectivity index (χ4n) is 4.49. The molecule has 2 aliphatic rings. The van der Waals surface area contributed by atoms with Crippen LogP contribution in [0.25, 0.3) is 11.0 Å². The third-order valence-corrected chi connectivity index (χ3v) is 6.12. The summed E-state index contributed by atoms with van der Waals surface area (Å²) in [5.41, 5.74) is 1.94. The second-order valence-corrected chi connectivity index (χ2v) is 8.03.